The van der Waals surface area contributed by atoms with E-state index in [1.54, 1.807) is 6.20 Å². The summed E-state index contributed by atoms with van der Waals surface area (Å²) in [6.45, 7) is 2.72. The molecule has 0 aliphatic heterocycles. The van der Waals surface area contributed by atoms with Gasteiger partial charge in [-0.1, -0.05) is 42.5 Å². The molecule has 0 spiro atoms. The van der Waals surface area contributed by atoms with Crippen LogP contribution in [0.4, 0.5) is 5.69 Å². The Morgan fingerprint density at radius 1 is 1.07 bits per heavy atom. The molecule has 5 rings (SSSR count). The first-order chi connectivity index (χ1) is 14.7. The van der Waals surface area contributed by atoms with Crippen molar-refractivity contribution < 1.29 is 4.74 Å². The molecule has 0 fully saturated rings. The number of hydrogen-bond acceptors (Lipinski definition) is 4. The Balaban J connectivity index is 1.48. The number of aryl methyl sites for hydroxylation is 1. The zero-order valence-corrected chi connectivity index (χ0v) is 16.8. The van der Waals surface area contributed by atoms with E-state index < -0.39 is 0 Å². The van der Waals surface area contributed by atoms with Gasteiger partial charge in [0.15, 0.2) is 5.75 Å². The molecule has 0 bridgehead atoms. The van der Waals surface area contributed by atoms with Gasteiger partial charge in [-0.15, -0.1) is 0 Å². The number of aromatic nitrogens is 2. The second-order valence-corrected chi connectivity index (χ2v) is 7.64. The van der Waals surface area contributed by atoms with Gasteiger partial charge in [0.1, 0.15) is 11.4 Å². The van der Waals surface area contributed by atoms with E-state index in [0.29, 0.717) is 35.1 Å². The highest BCUT2D eigenvalue weighted by atomic mass is 16.5. The van der Waals surface area contributed by atoms with E-state index in [-0.39, 0.29) is 5.43 Å². The van der Waals surface area contributed by atoms with E-state index >= 15 is 0 Å². The number of benzene rings is 2. The number of rotatable bonds is 5. The van der Waals surface area contributed by atoms with Gasteiger partial charge < -0.3 is 14.6 Å². The summed E-state index contributed by atoms with van der Waals surface area (Å²) in [6.07, 6.45) is 5.51. The summed E-state index contributed by atoms with van der Waals surface area (Å²) < 4.78 is 7.84. The van der Waals surface area contributed by atoms with Crippen molar-refractivity contribution in [3.05, 3.63) is 94.4 Å². The molecule has 0 unspecified atom stereocenters. The number of fused-ring (bicyclic) bond motifs is 2. The fourth-order valence-electron chi connectivity index (χ4n) is 4.15. The van der Waals surface area contributed by atoms with Crippen LogP contribution in [-0.4, -0.2) is 15.6 Å². The maximum absolute atomic E-state index is 13.2. The zero-order valence-electron chi connectivity index (χ0n) is 16.8. The molecule has 2 aromatic carbocycles. The van der Waals surface area contributed by atoms with Crippen LogP contribution in [0.1, 0.15) is 18.1 Å². The van der Waals surface area contributed by atoms with Crippen LogP contribution in [0.3, 0.4) is 0 Å². The Bertz CT molecular complexity index is 1240. The smallest absolute Gasteiger partial charge is 0.233 e. The summed E-state index contributed by atoms with van der Waals surface area (Å²) in [4.78, 5) is 17.8. The van der Waals surface area contributed by atoms with Crippen LogP contribution >= 0.6 is 0 Å². The fraction of sp³-hybridized carbons (Fsp3) is 0.200. The van der Waals surface area contributed by atoms with Crippen LogP contribution in [-0.2, 0) is 19.4 Å². The molecule has 0 atom stereocenters. The van der Waals surface area contributed by atoms with Crippen LogP contribution in [0.25, 0.3) is 11.0 Å². The third-order valence-electron chi connectivity index (χ3n) is 5.61. The lowest BCUT2D eigenvalue weighted by atomic mass is 10.1. The van der Waals surface area contributed by atoms with Crippen molar-refractivity contribution in [3.63, 3.8) is 0 Å². The summed E-state index contributed by atoms with van der Waals surface area (Å²) in [5.74, 6) is 0.949. The summed E-state index contributed by atoms with van der Waals surface area (Å²) in [5.41, 5.74) is 4.15. The Morgan fingerprint density at radius 2 is 1.77 bits per heavy atom. The topological polar surface area (TPSA) is 56.1 Å². The molecule has 5 nitrogen and oxygen atoms in total. The SMILES string of the molecule is CCn1cc(Oc2ccccc2)c(=O)c2cc(NC3Cc4ccccc4C3)cnc21. The average Bonchev–Trinajstić information content (AvgIpc) is 3.19. The lowest BCUT2D eigenvalue weighted by Gasteiger charge is -2.16. The van der Waals surface area contributed by atoms with E-state index in [1.165, 1.54) is 11.1 Å². The van der Waals surface area contributed by atoms with Crippen molar-refractivity contribution in [2.45, 2.75) is 32.4 Å². The van der Waals surface area contributed by atoms with E-state index in [2.05, 4.69) is 34.6 Å². The molecule has 0 amide bonds. The van der Waals surface area contributed by atoms with Gasteiger partial charge in [0, 0.05) is 12.6 Å². The van der Waals surface area contributed by atoms with Crippen molar-refractivity contribution >= 4 is 16.7 Å². The van der Waals surface area contributed by atoms with E-state index in [9.17, 15) is 4.79 Å². The summed E-state index contributed by atoms with van der Waals surface area (Å²) in [5, 5.41) is 4.12. The summed E-state index contributed by atoms with van der Waals surface area (Å²) in [6, 6.07) is 20.1. The molecule has 1 aliphatic carbocycles. The highest BCUT2D eigenvalue weighted by Gasteiger charge is 2.21. The van der Waals surface area contributed by atoms with Crippen LogP contribution in [0.15, 0.2) is 77.9 Å². The predicted molar refractivity (Wildman–Crippen MR) is 119 cm³/mol. The lowest BCUT2D eigenvalue weighted by molar-refractivity contribution is 0.472. The molecule has 2 aromatic heterocycles. The molecular formula is C25H23N3O2. The van der Waals surface area contributed by atoms with Crippen molar-refractivity contribution in [1.82, 2.24) is 9.55 Å². The van der Waals surface area contributed by atoms with E-state index in [1.807, 2.05) is 54.1 Å². The van der Waals surface area contributed by atoms with E-state index in [4.69, 9.17) is 4.74 Å². The first-order valence-electron chi connectivity index (χ1n) is 10.3. The Labute approximate surface area is 175 Å². The minimum absolute atomic E-state index is 0.149. The second-order valence-electron chi connectivity index (χ2n) is 7.64. The maximum atomic E-state index is 13.2. The van der Waals surface area contributed by atoms with Crippen LogP contribution in [0.5, 0.6) is 11.5 Å². The number of nitrogens with one attached hydrogen (secondary N) is 1. The standard InChI is InChI=1S/C25H23N3O2/c1-2-28-16-23(30-21-10-4-3-5-11-21)24(29)22-14-20(15-26-25(22)28)27-19-12-17-8-6-7-9-18(17)13-19/h3-11,14-16,19,27H,2,12-13H2,1H3. The molecule has 2 heterocycles. The molecule has 30 heavy (non-hydrogen) atoms. The molecule has 5 heteroatoms. The van der Waals surface area contributed by atoms with Crippen LogP contribution in [0.2, 0.25) is 0 Å². The monoisotopic (exact) mass is 397 g/mol. The number of hydrogen-bond donors (Lipinski definition) is 1. The molecule has 0 saturated carbocycles. The van der Waals surface area contributed by atoms with Gasteiger partial charge >= 0.3 is 0 Å². The van der Waals surface area contributed by atoms with Crippen molar-refractivity contribution in [1.29, 1.82) is 0 Å². The molecule has 1 aliphatic rings. The number of nitrogens with zero attached hydrogens (tertiary/aromatic N) is 2. The maximum Gasteiger partial charge on any atom is 0.233 e. The second kappa shape index (κ2) is 7.67. The normalized spacial score (nSPS) is 13.4. The highest BCUT2D eigenvalue weighted by Crippen LogP contribution is 2.26. The fourth-order valence-corrected chi connectivity index (χ4v) is 4.15. The first-order valence-corrected chi connectivity index (χ1v) is 10.3. The van der Waals surface area contributed by atoms with Crippen LogP contribution in [0, 0.1) is 0 Å². The van der Waals surface area contributed by atoms with Crippen molar-refractivity contribution in [2.24, 2.45) is 0 Å². The van der Waals surface area contributed by atoms with Gasteiger partial charge in [0.25, 0.3) is 0 Å². The van der Waals surface area contributed by atoms with Gasteiger partial charge in [0.05, 0.1) is 23.5 Å². The minimum Gasteiger partial charge on any atom is -0.452 e. The molecule has 150 valence electrons. The third-order valence-corrected chi connectivity index (χ3v) is 5.61. The van der Waals surface area contributed by atoms with Gasteiger partial charge in [-0.05, 0) is 49.1 Å². The molecular weight excluding hydrogens is 374 g/mol. The largest absolute Gasteiger partial charge is 0.452 e. The summed E-state index contributed by atoms with van der Waals surface area (Å²) >= 11 is 0. The zero-order chi connectivity index (χ0) is 20.5. The number of anilines is 1. The Kier molecular flexibility index (Phi) is 4.71. The van der Waals surface area contributed by atoms with Gasteiger partial charge in [-0.25, -0.2) is 4.98 Å². The lowest BCUT2D eigenvalue weighted by Crippen LogP contribution is -2.20. The van der Waals surface area contributed by atoms with Crippen molar-refractivity contribution in [3.8, 4) is 11.5 Å². The number of pyridine rings is 2. The van der Waals surface area contributed by atoms with Gasteiger partial charge in [-0.3, -0.25) is 4.79 Å². The predicted octanol–water partition coefficient (Wildman–Crippen LogP) is 4.79. The number of ether oxygens (including phenoxy) is 1. The quantitative estimate of drug-likeness (QED) is 0.526. The molecule has 4 aromatic rings. The molecule has 1 N–H and O–H groups in total. The van der Waals surface area contributed by atoms with E-state index in [0.717, 1.165) is 18.5 Å². The minimum atomic E-state index is -0.149. The van der Waals surface area contributed by atoms with Gasteiger partial charge in [0.2, 0.25) is 5.43 Å². The average molecular weight is 397 g/mol. The number of para-hydroxylation sites is 1. The van der Waals surface area contributed by atoms with Crippen LogP contribution < -0.4 is 15.5 Å². The highest BCUT2D eigenvalue weighted by molar-refractivity contribution is 5.80. The Hall–Kier alpha value is -3.60. The molecule has 0 radical (unpaired) electrons. The third kappa shape index (κ3) is 3.43. The Morgan fingerprint density at radius 3 is 2.47 bits per heavy atom. The molecule has 0 saturated heterocycles. The van der Waals surface area contributed by atoms with Gasteiger partial charge in [-0.2, -0.15) is 0 Å². The van der Waals surface area contributed by atoms with Crippen molar-refractivity contribution in [2.75, 3.05) is 5.32 Å². The summed E-state index contributed by atoms with van der Waals surface area (Å²) in [7, 11) is 0. The first kappa shape index (κ1) is 18.4.